The maximum Gasteiger partial charge on any atom is 0.0540 e. The second-order valence-electron chi connectivity index (χ2n) is 13.7. The van der Waals surface area contributed by atoms with Crippen LogP contribution in [0.15, 0.2) is 212 Å². The largest absolute Gasteiger partial charge is 0.310 e. The first-order valence-corrected chi connectivity index (χ1v) is 18.3. The summed E-state index contributed by atoms with van der Waals surface area (Å²) in [4.78, 5) is 2.42. The molecule has 10 aromatic rings. The van der Waals surface area contributed by atoms with Crippen LogP contribution in [0.2, 0.25) is 0 Å². The quantitative estimate of drug-likeness (QED) is 0.159. The zero-order chi connectivity index (χ0) is 35.1. The van der Waals surface area contributed by atoms with Gasteiger partial charge in [-0.05, 0) is 107 Å². The van der Waals surface area contributed by atoms with Crippen molar-refractivity contribution in [3.05, 3.63) is 212 Å². The molecule has 1 heteroatoms. The number of anilines is 3. The van der Waals surface area contributed by atoms with Crippen LogP contribution in [0.4, 0.5) is 17.1 Å². The molecule has 0 heterocycles. The van der Waals surface area contributed by atoms with E-state index in [-0.39, 0.29) is 0 Å². The summed E-state index contributed by atoms with van der Waals surface area (Å²) in [6.45, 7) is 0. The average Bonchev–Trinajstić information content (AvgIpc) is 3.24. The van der Waals surface area contributed by atoms with Gasteiger partial charge in [-0.1, -0.05) is 176 Å². The van der Waals surface area contributed by atoms with Gasteiger partial charge in [0.1, 0.15) is 0 Å². The Morgan fingerprint density at radius 2 is 0.774 bits per heavy atom. The van der Waals surface area contributed by atoms with Crippen molar-refractivity contribution >= 4 is 60.2 Å². The monoisotopic (exact) mass is 673 g/mol. The molecule has 10 rings (SSSR count). The number of hydrogen-bond acceptors (Lipinski definition) is 1. The van der Waals surface area contributed by atoms with E-state index in [1.165, 1.54) is 76.5 Å². The molecular weight excluding hydrogens is 639 g/mol. The minimum atomic E-state index is 1.10. The molecule has 0 aliphatic heterocycles. The van der Waals surface area contributed by atoms with Gasteiger partial charge in [0.25, 0.3) is 0 Å². The molecule has 0 unspecified atom stereocenters. The maximum absolute atomic E-state index is 2.42. The molecule has 248 valence electrons. The number of nitrogens with zero attached hydrogens (tertiary/aromatic N) is 1. The van der Waals surface area contributed by atoms with Crippen molar-refractivity contribution in [1.82, 2.24) is 0 Å². The van der Waals surface area contributed by atoms with Crippen molar-refractivity contribution in [3.8, 4) is 33.4 Å². The lowest BCUT2D eigenvalue weighted by molar-refractivity contribution is 1.30. The predicted molar refractivity (Wildman–Crippen MR) is 227 cm³/mol. The normalized spacial score (nSPS) is 11.4. The summed E-state index contributed by atoms with van der Waals surface area (Å²) in [7, 11) is 0. The highest BCUT2D eigenvalue weighted by atomic mass is 15.1. The van der Waals surface area contributed by atoms with Crippen LogP contribution >= 0.6 is 0 Å². The van der Waals surface area contributed by atoms with Crippen molar-refractivity contribution in [2.24, 2.45) is 0 Å². The predicted octanol–water partition coefficient (Wildman–Crippen LogP) is 14.8. The lowest BCUT2D eigenvalue weighted by Gasteiger charge is -2.28. The lowest BCUT2D eigenvalue weighted by Crippen LogP contribution is -2.10. The van der Waals surface area contributed by atoms with Gasteiger partial charge in [-0.15, -0.1) is 0 Å². The van der Waals surface area contributed by atoms with E-state index in [9.17, 15) is 0 Å². The van der Waals surface area contributed by atoms with Crippen LogP contribution in [0.1, 0.15) is 0 Å². The summed E-state index contributed by atoms with van der Waals surface area (Å²) in [5.74, 6) is 0. The second kappa shape index (κ2) is 13.0. The van der Waals surface area contributed by atoms with Crippen LogP contribution in [-0.4, -0.2) is 0 Å². The molecule has 0 spiro atoms. The van der Waals surface area contributed by atoms with Gasteiger partial charge in [-0.2, -0.15) is 0 Å². The third-order valence-electron chi connectivity index (χ3n) is 10.6. The minimum absolute atomic E-state index is 1.10. The average molecular weight is 674 g/mol. The minimum Gasteiger partial charge on any atom is -0.310 e. The van der Waals surface area contributed by atoms with E-state index >= 15 is 0 Å². The molecule has 0 radical (unpaired) electrons. The number of fused-ring (bicyclic) bond motifs is 5. The topological polar surface area (TPSA) is 3.24 Å². The van der Waals surface area contributed by atoms with Crippen molar-refractivity contribution in [2.75, 3.05) is 4.90 Å². The van der Waals surface area contributed by atoms with E-state index in [1.807, 2.05) is 0 Å². The highest BCUT2D eigenvalue weighted by molar-refractivity contribution is 6.14. The smallest absolute Gasteiger partial charge is 0.0540 e. The van der Waals surface area contributed by atoms with Crippen molar-refractivity contribution in [3.63, 3.8) is 0 Å². The van der Waals surface area contributed by atoms with Crippen molar-refractivity contribution < 1.29 is 0 Å². The van der Waals surface area contributed by atoms with E-state index in [1.54, 1.807) is 0 Å². The molecule has 53 heavy (non-hydrogen) atoms. The summed E-state index contributed by atoms with van der Waals surface area (Å²) in [5.41, 5.74) is 10.7. The molecule has 0 aliphatic rings. The Morgan fingerprint density at radius 3 is 1.60 bits per heavy atom. The first-order valence-electron chi connectivity index (χ1n) is 18.3. The Labute approximate surface area is 309 Å². The fourth-order valence-electron chi connectivity index (χ4n) is 8.16. The summed E-state index contributed by atoms with van der Waals surface area (Å²) >= 11 is 0. The summed E-state index contributed by atoms with van der Waals surface area (Å²) < 4.78 is 0. The molecule has 0 saturated carbocycles. The fourth-order valence-corrected chi connectivity index (χ4v) is 8.16. The van der Waals surface area contributed by atoms with Crippen LogP contribution < -0.4 is 4.90 Å². The Kier molecular flexibility index (Phi) is 7.55. The van der Waals surface area contributed by atoms with Crippen LogP contribution in [0.25, 0.3) is 76.5 Å². The number of rotatable bonds is 6. The molecule has 0 aliphatic carbocycles. The SMILES string of the molecule is c1ccc(-c2cccc3c(N(c4ccc(-c5cc6ccccc6c6ccccc56)cc4)c4cccc(-c5cccc6ccccc56)c4)cccc23)cc1. The molecule has 0 saturated heterocycles. The van der Waals surface area contributed by atoms with E-state index in [0.717, 1.165) is 17.1 Å². The summed E-state index contributed by atoms with van der Waals surface area (Å²) in [5, 5.41) is 10.0. The molecule has 0 N–H and O–H groups in total. The first-order chi connectivity index (χ1) is 26.3. The third kappa shape index (κ3) is 5.42. The van der Waals surface area contributed by atoms with Crippen LogP contribution in [0, 0.1) is 0 Å². The lowest BCUT2D eigenvalue weighted by atomic mass is 9.93. The van der Waals surface area contributed by atoms with Gasteiger partial charge in [-0.3, -0.25) is 0 Å². The summed E-state index contributed by atoms with van der Waals surface area (Å²) in [6.07, 6.45) is 0. The van der Waals surface area contributed by atoms with Gasteiger partial charge in [0.15, 0.2) is 0 Å². The molecule has 0 aromatic heterocycles. The zero-order valence-electron chi connectivity index (χ0n) is 29.2. The summed E-state index contributed by atoms with van der Waals surface area (Å²) in [6, 6.07) is 77.2. The van der Waals surface area contributed by atoms with Gasteiger partial charge < -0.3 is 4.90 Å². The maximum atomic E-state index is 2.42. The third-order valence-corrected chi connectivity index (χ3v) is 10.6. The molecule has 0 amide bonds. The van der Waals surface area contributed by atoms with Crippen LogP contribution in [0.3, 0.4) is 0 Å². The van der Waals surface area contributed by atoms with Gasteiger partial charge in [0.2, 0.25) is 0 Å². The van der Waals surface area contributed by atoms with Crippen LogP contribution in [0.5, 0.6) is 0 Å². The Bertz CT molecular complexity index is 2940. The second-order valence-corrected chi connectivity index (χ2v) is 13.7. The zero-order valence-corrected chi connectivity index (χ0v) is 29.2. The Morgan fingerprint density at radius 1 is 0.245 bits per heavy atom. The Balaban J connectivity index is 1.17. The van der Waals surface area contributed by atoms with E-state index in [0.29, 0.717) is 0 Å². The molecular formula is C52H35N. The van der Waals surface area contributed by atoms with Gasteiger partial charge >= 0.3 is 0 Å². The van der Waals surface area contributed by atoms with E-state index < -0.39 is 0 Å². The van der Waals surface area contributed by atoms with Gasteiger partial charge in [0.05, 0.1) is 5.69 Å². The first kappa shape index (κ1) is 30.8. The van der Waals surface area contributed by atoms with Crippen molar-refractivity contribution in [2.45, 2.75) is 0 Å². The molecule has 0 bridgehead atoms. The highest BCUT2D eigenvalue weighted by Crippen LogP contribution is 2.44. The highest BCUT2D eigenvalue weighted by Gasteiger charge is 2.18. The number of benzene rings is 10. The van der Waals surface area contributed by atoms with Crippen LogP contribution in [-0.2, 0) is 0 Å². The molecule has 1 nitrogen and oxygen atoms in total. The van der Waals surface area contributed by atoms with E-state index in [2.05, 4.69) is 217 Å². The van der Waals surface area contributed by atoms with E-state index in [4.69, 9.17) is 0 Å². The standard InChI is InChI=1S/C52H35N/c1-2-14-36(15-3-1)44-26-12-28-50-48(44)27-13-29-52(50)53(42-20-10-19-39(34-42)45-25-11-18-37-16-4-6-21-43(37)45)41-32-30-38(31-33-41)51-35-40-17-5-7-22-46(40)47-23-8-9-24-49(47)51/h1-35H. The molecule has 0 atom stereocenters. The molecule has 10 aromatic carbocycles. The Hall–Kier alpha value is -6.96. The molecule has 0 fully saturated rings. The van der Waals surface area contributed by atoms with Gasteiger partial charge in [-0.25, -0.2) is 0 Å². The number of hydrogen-bond donors (Lipinski definition) is 0. The van der Waals surface area contributed by atoms with Crippen molar-refractivity contribution in [1.29, 1.82) is 0 Å². The fraction of sp³-hybridized carbons (Fsp3) is 0. The van der Waals surface area contributed by atoms with Gasteiger partial charge in [0, 0.05) is 16.8 Å².